The SMILES string of the molecule is COc1ccc(C(N)c2nc(-c3cccs3)n[nH]2)cc1. The molecule has 0 fully saturated rings. The van der Waals surface area contributed by atoms with Crippen molar-refractivity contribution in [1.82, 2.24) is 15.2 Å². The van der Waals surface area contributed by atoms with Crippen molar-refractivity contribution in [1.29, 1.82) is 0 Å². The Morgan fingerprint density at radius 3 is 2.70 bits per heavy atom. The van der Waals surface area contributed by atoms with Crippen LogP contribution in [-0.2, 0) is 0 Å². The first kappa shape index (κ1) is 12.8. The molecule has 0 aliphatic heterocycles. The first-order chi connectivity index (χ1) is 9.78. The standard InChI is InChI=1S/C14H14N4OS/c1-19-10-6-4-9(5-7-10)12(15)14-16-13(17-18-14)11-3-2-8-20-11/h2-8,12H,15H2,1H3,(H,16,17,18). The molecule has 1 aromatic carbocycles. The van der Waals surface area contributed by atoms with Gasteiger partial charge in [-0.25, -0.2) is 4.98 Å². The van der Waals surface area contributed by atoms with Crippen LogP contribution in [0.1, 0.15) is 17.4 Å². The average molecular weight is 286 g/mol. The van der Waals surface area contributed by atoms with Gasteiger partial charge in [-0.3, -0.25) is 5.10 Å². The van der Waals surface area contributed by atoms with Gasteiger partial charge in [0.1, 0.15) is 11.6 Å². The lowest BCUT2D eigenvalue weighted by atomic mass is 10.1. The molecule has 0 spiro atoms. The van der Waals surface area contributed by atoms with Gasteiger partial charge in [0.25, 0.3) is 0 Å². The Labute approximate surface area is 120 Å². The van der Waals surface area contributed by atoms with E-state index in [-0.39, 0.29) is 6.04 Å². The molecule has 3 N–H and O–H groups in total. The zero-order valence-electron chi connectivity index (χ0n) is 10.9. The molecule has 0 radical (unpaired) electrons. The predicted octanol–water partition coefficient (Wildman–Crippen LogP) is 2.59. The maximum absolute atomic E-state index is 6.20. The van der Waals surface area contributed by atoms with E-state index in [9.17, 15) is 0 Å². The maximum atomic E-state index is 6.20. The van der Waals surface area contributed by atoms with Crippen molar-refractivity contribution in [2.45, 2.75) is 6.04 Å². The van der Waals surface area contributed by atoms with Crippen molar-refractivity contribution >= 4 is 11.3 Å². The Morgan fingerprint density at radius 2 is 2.05 bits per heavy atom. The molecule has 1 unspecified atom stereocenters. The van der Waals surface area contributed by atoms with Crippen molar-refractivity contribution in [2.24, 2.45) is 5.73 Å². The van der Waals surface area contributed by atoms with E-state index in [1.807, 2.05) is 41.8 Å². The summed E-state index contributed by atoms with van der Waals surface area (Å²) >= 11 is 1.60. The number of hydrogen-bond donors (Lipinski definition) is 2. The Bertz CT molecular complexity index is 676. The minimum absolute atomic E-state index is 0.331. The van der Waals surface area contributed by atoms with E-state index >= 15 is 0 Å². The van der Waals surface area contributed by atoms with E-state index < -0.39 is 0 Å². The van der Waals surface area contributed by atoms with E-state index in [2.05, 4.69) is 15.2 Å². The number of hydrogen-bond acceptors (Lipinski definition) is 5. The van der Waals surface area contributed by atoms with E-state index in [4.69, 9.17) is 10.5 Å². The van der Waals surface area contributed by atoms with E-state index in [1.165, 1.54) is 0 Å². The third-order valence-electron chi connectivity index (χ3n) is 3.01. The van der Waals surface area contributed by atoms with Gasteiger partial charge in [0.15, 0.2) is 5.82 Å². The topological polar surface area (TPSA) is 76.8 Å². The Kier molecular flexibility index (Phi) is 3.49. The summed E-state index contributed by atoms with van der Waals surface area (Å²) in [5.74, 6) is 2.13. The number of ether oxygens (including phenoxy) is 1. The largest absolute Gasteiger partial charge is 0.497 e. The van der Waals surface area contributed by atoms with Gasteiger partial charge in [0, 0.05) is 0 Å². The van der Waals surface area contributed by atoms with Crippen LogP contribution in [0.15, 0.2) is 41.8 Å². The fourth-order valence-electron chi connectivity index (χ4n) is 1.90. The van der Waals surface area contributed by atoms with Crippen LogP contribution in [0.5, 0.6) is 5.75 Å². The number of rotatable bonds is 4. The summed E-state index contributed by atoms with van der Waals surface area (Å²) in [6.45, 7) is 0. The van der Waals surface area contributed by atoms with Gasteiger partial charge in [0.2, 0.25) is 0 Å². The Hall–Kier alpha value is -2.18. The summed E-state index contributed by atoms with van der Waals surface area (Å²) in [5, 5.41) is 9.11. The molecule has 20 heavy (non-hydrogen) atoms. The first-order valence-corrected chi connectivity index (χ1v) is 7.01. The molecular weight excluding hydrogens is 272 g/mol. The van der Waals surface area contributed by atoms with Gasteiger partial charge in [-0.05, 0) is 29.1 Å². The van der Waals surface area contributed by atoms with Crippen LogP contribution in [0.25, 0.3) is 10.7 Å². The molecular formula is C14H14N4OS. The number of thiophene rings is 1. The summed E-state index contributed by atoms with van der Waals surface area (Å²) in [4.78, 5) is 5.48. The second-order valence-corrected chi connectivity index (χ2v) is 5.22. The monoisotopic (exact) mass is 286 g/mol. The zero-order chi connectivity index (χ0) is 13.9. The van der Waals surface area contributed by atoms with Gasteiger partial charge in [-0.15, -0.1) is 11.3 Å². The molecule has 2 aromatic heterocycles. The number of nitrogens with zero attached hydrogens (tertiary/aromatic N) is 2. The molecule has 0 bridgehead atoms. The van der Waals surface area contributed by atoms with Crippen molar-refractivity contribution in [2.75, 3.05) is 7.11 Å². The third kappa shape index (κ3) is 2.43. The minimum Gasteiger partial charge on any atom is -0.497 e. The first-order valence-electron chi connectivity index (χ1n) is 6.13. The van der Waals surface area contributed by atoms with Crippen LogP contribution >= 0.6 is 11.3 Å². The second-order valence-electron chi connectivity index (χ2n) is 4.27. The van der Waals surface area contributed by atoms with Crippen LogP contribution in [0.2, 0.25) is 0 Å². The molecule has 0 aliphatic rings. The van der Waals surface area contributed by atoms with Crippen LogP contribution in [0.4, 0.5) is 0 Å². The van der Waals surface area contributed by atoms with Gasteiger partial charge < -0.3 is 10.5 Å². The van der Waals surface area contributed by atoms with E-state index in [0.29, 0.717) is 11.6 Å². The fraction of sp³-hybridized carbons (Fsp3) is 0.143. The molecule has 1 atom stereocenters. The molecule has 6 heteroatoms. The van der Waals surface area contributed by atoms with Crippen molar-refractivity contribution < 1.29 is 4.74 Å². The van der Waals surface area contributed by atoms with Crippen molar-refractivity contribution in [3.63, 3.8) is 0 Å². The number of aromatic amines is 1. The lowest BCUT2D eigenvalue weighted by Crippen LogP contribution is -2.13. The molecule has 2 heterocycles. The molecule has 3 rings (SSSR count). The number of nitrogens with two attached hydrogens (primary N) is 1. The summed E-state index contributed by atoms with van der Waals surface area (Å²) < 4.78 is 5.13. The third-order valence-corrected chi connectivity index (χ3v) is 3.88. The second kappa shape index (κ2) is 5.44. The highest BCUT2D eigenvalue weighted by Crippen LogP contribution is 2.24. The number of aromatic nitrogens is 3. The highest BCUT2D eigenvalue weighted by atomic mass is 32.1. The lowest BCUT2D eigenvalue weighted by Gasteiger charge is -2.09. The number of H-pyrrole nitrogens is 1. The van der Waals surface area contributed by atoms with Gasteiger partial charge in [-0.2, -0.15) is 5.10 Å². The summed E-state index contributed by atoms with van der Waals surface area (Å²) in [6, 6.07) is 11.2. The van der Waals surface area contributed by atoms with Crippen LogP contribution < -0.4 is 10.5 Å². The smallest absolute Gasteiger partial charge is 0.191 e. The molecule has 0 saturated carbocycles. The molecule has 0 aliphatic carbocycles. The molecule has 0 saturated heterocycles. The van der Waals surface area contributed by atoms with E-state index in [1.54, 1.807) is 18.4 Å². The minimum atomic E-state index is -0.331. The molecule has 102 valence electrons. The number of benzene rings is 1. The number of methoxy groups -OCH3 is 1. The Morgan fingerprint density at radius 1 is 1.25 bits per heavy atom. The van der Waals surface area contributed by atoms with Gasteiger partial charge in [0.05, 0.1) is 18.0 Å². The lowest BCUT2D eigenvalue weighted by molar-refractivity contribution is 0.414. The van der Waals surface area contributed by atoms with Crippen molar-refractivity contribution in [3.8, 4) is 16.5 Å². The molecule has 5 nitrogen and oxygen atoms in total. The Balaban J connectivity index is 1.84. The molecule has 0 amide bonds. The van der Waals surface area contributed by atoms with Crippen LogP contribution in [0, 0.1) is 0 Å². The summed E-state index contributed by atoms with van der Waals surface area (Å²) in [6.07, 6.45) is 0. The normalized spacial score (nSPS) is 12.3. The highest BCUT2D eigenvalue weighted by Gasteiger charge is 2.15. The van der Waals surface area contributed by atoms with Gasteiger partial charge in [-0.1, -0.05) is 18.2 Å². The van der Waals surface area contributed by atoms with Crippen LogP contribution in [-0.4, -0.2) is 22.3 Å². The summed E-state index contributed by atoms with van der Waals surface area (Å²) in [5.41, 5.74) is 7.16. The molecule has 3 aromatic rings. The highest BCUT2D eigenvalue weighted by molar-refractivity contribution is 7.13. The van der Waals surface area contributed by atoms with E-state index in [0.717, 1.165) is 16.2 Å². The fourth-order valence-corrected chi connectivity index (χ4v) is 2.56. The van der Waals surface area contributed by atoms with Crippen molar-refractivity contribution in [3.05, 3.63) is 53.2 Å². The average Bonchev–Trinajstić information content (AvgIpc) is 3.17. The zero-order valence-corrected chi connectivity index (χ0v) is 11.7. The quantitative estimate of drug-likeness (QED) is 0.773. The number of nitrogens with one attached hydrogen (secondary N) is 1. The summed E-state index contributed by atoms with van der Waals surface area (Å²) in [7, 11) is 1.64. The predicted molar refractivity (Wildman–Crippen MR) is 78.7 cm³/mol. The maximum Gasteiger partial charge on any atom is 0.191 e. The van der Waals surface area contributed by atoms with Gasteiger partial charge >= 0.3 is 0 Å². The van der Waals surface area contributed by atoms with Crippen LogP contribution in [0.3, 0.4) is 0 Å².